The van der Waals surface area contributed by atoms with E-state index in [4.69, 9.17) is 9.26 Å². The molecule has 0 aromatic carbocycles. The first-order valence-corrected chi connectivity index (χ1v) is 6.13. The number of nitrogens with zero attached hydrogens (tertiary/aromatic N) is 1. The average molecular weight is 238 g/mol. The van der Waals surface area contributed by atoms with Gasteiger partial charge in [-0.3, -0.25) is 0 Å². The molecule has 1 aliphatic rings. The van der Waals surface area contributed by atoms with Crippen LogP contribution in [0.15, 0.2) is 10.6 Å². The van der Waals surface area contributed by atoms with Crippen molar-refractivity contribution in [3.63, 3.8) is 0 Å². The summed E-state index contributed by atoms with van der Waals surface area (Å²) in [5, 5.41) is 7.06. The summed E-state index contributed by atoms with van der Waals surface area (Å²) in [7, 11) is 0. The standard InChI is InChI=1S/C12H18N2O3/c1-2-16-12(15)11-8-10(17-14-11)7-9-3-5-13-6-4-9/h8-9,13H,2-7H2,1H3. The van der Waals surface area contributed by atoms with Crippen molar-refractivity contribution in [3.05, 3.63) is 17.5 Å². The lowest BCUT2D eigenvalue weighted by atomic mass is 9.93. The molecule has 2 heterocycles. The van der Waals surface area contributed by atoms with Gasteiger partial charge in [-0.15, -0.1) is 0 Å². The fourth-order valence-corrected chi connectivity index (χ4v) is 2.08. The summed E-state index contributed by atoms with van der Waals surface area (Å²) in [6, 6.07) is 1.69. The fraction of sp³-hybridized carbons (Fsp3) is 0.667. The van der Waals surface area contributed by atoms with E-state index in [0.29, 0.717) is 12.5 Å². The third-order valence-electron chi connectivity index (χ3n) is 2.99. The van der Waals surface area contributed by atoms with Gasteiger partial charge in [0.25, 0.3) is 0 Å². The topological polar surface area (TPSA) is 64.4 Å². The van der Waals surface area contributed by atoms with Crippen LogP contribution in [-0.4, -0.2) is 30.8 Å². The van der Waals surface area contributed by atoms with Crippen molar-refractivity contribution in [1.82, 2.24) is 10.5 Å². The molecule has 5 nitrogen and oxygen atoms in total. The van der Waals surface area contributed by atoms with Crippen LogP contribution in [0.2, 0.25) is 0 Å². The molecular formula is C12H18N2O3. The number of carbonyl (C=O) groups is 1. The summed E-state index contributed by atoms with van der Waals surface area (Å²) < 4.78 is 10.0. The molecule has 0 atom stereocenters. The van der Waals surface area contributed by atoms with Crippen molar-refractivity contribution in [2.24, 2.45) is 5.92 Å². The maximum Gasteiger partial charge on any atom is 0.360 e. The Kier molecular flexibility index (Phi) is 4.14. The van der Waals surface area contributed by atoms with Crippen molar-refractivity contribution < 1.29 is 14.1 Å². The van der Waals surface area contributed by atoms with Gasteiger partial charge in [-0.2, -0.15) is 0 Å². The molecule has 0 spiro atoms. The molecule has 0 aliphatic carbocycles. The van der Waals surface area contributed by atoms with E-state index in [1.807, 2.05) is 0 Å². The van der Waals surface area contributed by atoms with E-state index in [1.54, 1.807) is 13.0 Å². The summed E-state index contributed by atoms with van der Waals surface area (Å²) in [4.78, 5) is 11.4. The van der Waals surface area contributed by atoms with Gasteiger partial charge in [0.1, 0.15) is 5.76 Å². The summed E-state index contributed by atoms with van der Waals surface area (Å²) >= 11 is 0. The Balaban J connectivity index is 1.91. The zero-order chi connectivity index (χ0) is 12.1. The molecule has 0 saturated carbocycles. The Morgan fingerprint density at radius 1 is 1.59 bits per heavy atom. The minimum Gasteiger partial charge on any atom is -0.461 e. The van der Waals surface area contributed by atoms with E-state index in [1.165, 1.54) is 0 Å². The second-order valence-corrected chi connectivity index (χ2v) is 4.30. The lowest BCUT2D eigenvalue weighted by molar-refractivity contribution is 0.0514. The lowest BCUT2D eigenvalue weighted by Crippen LogP contribution is -2.28. The SMILES string of the molecule is CCOC(=O)c1cc(CC2CCNCC2)on1. The normalized spacial score (nSPS) is 17.0. The Morgan fingerprint density at radius 3 is 3.06 bits per heavy atom. The third-order valence-corrected chi connectivity index (χ3v) is 2.99. The molecule has 1 fully saturated rings. The Labute approximate surface area is 101 Å². The van der Waals surface area contributed by atoms with Gasteiger partial charge < -0.3 is 14.6 Å². The van der Waals surface area contributed by atoms with Crippen molar-refractivity contribution in [2.45, 2.75) is 26.2 Å². The zero-order valence-corrected chi connectivity index (χ0v) is 10.1. The van der Waals surface area contributed by atoms with Crippen LogP contribution in [0.1, 0.15) is 36.0 Å². The van der Waals surface area contributed by atoms with E-state index in [2.05, 4.69) is 10.5 Å². The molecule has 2 rings (SSSR count). The first-order chi connectivity index (χ1) is 8.29. The Bertz CT molecular complexity index is 370. The number of rotatable bonds is 4. The van der Waals surface area contributed by atoms with Gasteiger partial charge in [0, 0.05) is 12.5 Å². The van der Waals surface area contributed by atoms with E-state index in [-0.39, 0.29) is 5.69 Å². The van der Waals surface area contributed by atoms with Crippen LogP contribution < -0.4 is 5.32 Å². The predicted molar refractivity (Wildman–Crippen MR) is 61.8 cm³/mol. The van der Waals surface area contributed by atoms with Crippen molar-refractivity contribution in [1.29, 1.82) is 0 Å². The summed E-state index contributed by atoms with van der Waals surface area (Å²) in [6.07, 6.45) is 3.15. The van der Waals surface area contributed by atoms with Gasteiger partial charge >= 0.3 is 5.97 Å². The number of piperidine rings is 1. The van der Waals surface area contributed by atoms with E-state index >= 15 is 0 Å². The maximum atomic E-state index is 11.4. The number of hydrogen-bond acceptors (Lipinski definition) is 5. The monoisotopic (exact) mass is 238 g/mol. The predicted octanol–water partition coefficient (Wildman–Crippen LogP) is 1.39. The van der Waals surface area contributed by atoms with Gasteiger partial charge in [-0.05, 0) is 38.8 Å². The van der Waals surface area contributed by atoms with Crippen LogP contribution >= 0.6 is 0 Å². The summed E-state index contributed by atoms with van der Waals surface area (Å²) in [5.74, 6) is 0.993. The highest BCUT2D eigenvalue weighted by molar-refractivity contribution is 5.87. The quantitative estimate of drug-likeness (QED) is 0.803. The van der Waals surface area contributed by atoms with Crippen LogP contribution in [0.4, 0.5) is 0 Å². The van der Waals surface area contributed by atoms with Crippen LogP contribution in [-0.2, 0) is 11.2 Å². The Morgan fingerprint density at radius 2 is 2.35 bits per heavy atom. The fourth-order valence-electron chi connectivity index (χ4n) is 2.08. The van der Waals surface area contributed by atoms with Crippen LogP contribution in [0, 0.1) is 5.92 Å². The minimum absolute atomic E-state index is 0.274. The van der Waals surface area contributed by atoms with Crippen molar-refractivity contribution >= 4 is 5.97 Å². The van der Waals surface area contributed by atoms with Crippen LogP contribution in [0.5, 0.6) is 0 Å². The molecule has 0 amide bonds. The molecule has 0 bridgehead atoms. The van der Waals surface area contributed by atoms with Gasteiger partial charge in [-0.1, -0.05) is 5.16 Å². The van der Waals surface area contributed by atoms with Gasteiger partial charge in [0.15, 0.2) is 5.69 Å². The van der Waals surface area contributed by atoms with Crippen molar-refractivity contribution in [2.75, 3.05) is 19.7 Å². The number of nitrogens with one attached hydrogen (secondary N) is 1. The number of hydrogen-bond donors (Lipinski definition) is 1. The number of ether oxygens (including phenoxy) is 1. The maximum absolute atomic E-state index is 11.4. The average Bonchev–Trinajstić information content (AvgIpc) is 2.79. The second kappa shape index (κ2) is 5.82. The minimum atomic E-state index is -0.409. The highest BCUT2D eigenvalue weighted by atomic mass is 16.5. The smallest absolute Gasteiger partial charge is 0.360 e. The first kappa shape index (κ1) is 12.1. The highest BCUT2D eigenvalue weighted by Gasteiger charge is 2.18. The van der Waals surface area contributed by atoms with Crippen LogP contribution in [0.3, 0.4) is 0 Å². The summed E-state index contributed by atoms with van der Waals surface area (Å²) in [6.45, 7) is 4.25. The molecule has 5 heteroatoms. The molecule has 1 aromatic rings. The molecule has 1 N–H and O–H groups in total. The molecular weight excluding hydrogens is 220 g/mol. The molecule has 1 aromatic heterocycles. The molecule has 1 aliphatic heterocycles. The summed E-state index contributed by atoms with van der Waals surface area (Å²) in [5.41, 5.74) is 0.274. The number of esters is 1. The number of carbonyl (C=O) groups excluding carboxylic acids is 1. The molecule has 17 heavy (non-hydrogen) atoms. The van der Waals surface area contributed by atoms with Crippen LogP contribution in [0.25, 0.3) is 0 Å². The Hall–Kier alpha value is -1.36. The first-order valence-electron chi connectivity index (χ1n) is 6.13. The molecule has 94 valence electrons. The molecule has 0 unspecified atom stereocenters. The van der Waals surface area contributed by atoms with Crippen molar-refractivity contribution in [3.8, 4) is 0 Å². The van der Waals surface area contributed by atoms with E-state index in [0.717, 1.165) is 38.1 Å². The molecule has 0 radical (unpaired) electrons. The van der Waals surface area contributed by atoms with E-state index in [9.17, 15) is 4.79 Å². The van der Waals surface area contributed by atoms with E-state index < -0.39 is 5.97 Å². The number of aromatic nitrogens is 1. The zero-order valence-electron chi connectivity index (χ0n) is 10.1. The lowest BCUT2D eigenvalue weighted by Gasteiger charge is -2.21. The molecule has 1 saturated heterocycles. The van der Waals surface area contributed by atoms with Gasteiger partial charge in [-0.25, -0.2) is 4.79 Å². The second-order valence-electron chi connectivity index (χ2n) is 4.30. The largest absolute Gasteiger partial charge is 0.461 e. The third kappa shape index (κ3) is 3.30. The van der Waals surface area contributed by atoms with Gasteiger partial charge in [0.2, 0.25) is 0 Å². The highest BCUT2D eigenvalue weighted by Crippen LogP contribution is 2.18. The van der Waals surface area contributed by atoms with Gasteiger partial charge in [0.05, 0.1) is 6.61 Å².